The highest BCUT2D eigenvalue weighted by Gasteiger charge is 2.36. The number of methoxy groups -OCH3 is 1. The highest BCUT2D eigenvalue weighted by Crippen LogP contribution is 2.24. The van der Waals surface area contributed by atoms with Crippen LogP contribution in [0.4, 0.5) is 8.78 Å². The second-order valence-electron chi connectivity index (χ2n) is 11.7. The van der Waals surface area contributed by atoms with Crippen LogP contribution in [-0.2, 0) is 11.2 Å². The maximum Gasteiger partial charge on any atom is 0.254 e. The van der Waals surface area contributed by atoms with E-state index >= 15 is 0 Å². The number of likely N-dealkylation sites (tertiary alicyclic amines) is 1. The molecule has 2 saturated heterocycles. The number of aliphatic hydroxyl groups is 1. The molecule has 3 aromatic rings. The van der Waals surface area contributed by atoms with Crippen molar-refractivity contribution < 1.29 is 33.0 Å². The van der Waals surface area contributed by atoms with Crippen molar-refractivity contribution in [2.45, 2.75) is 62.9 Å². The van der Waals surface area contributed by atoms with E-state index in [9.17, 15) is 23.5 Å². The molecule has 234 valence electrons. The van der Waals surface area contributed by atoms with Crippen LogP contribution in [0.5, 0.6) is 5.75 Å². The summed E-state index contributed by atoms with van der Waals surface area (Å²) < 4.78 is 39.5. The van der Waals surface area contributed by atoms with Gasteiger partial charge in [0.1, 0.15) is 23.5 Å². The van der Waals surface area contributed by atoms with E-state index in [-0.39, 0.29) is 30.0 Å². The summed E-state index contributed by atoms with van der Waals surface area (Å²) in [5, 5.41) is 17.7. The zero-order valence-electron chi connectivity index (χ0n) is 25.0. The van der Waals surface area contributed by atoms with Crippen LogP contribution in [0.15, 0.2) is 66.7 Å². The van der Waals surface area contributed by atoms with Crippen LogP contribution in [0.1, 0.15) is 51.1 Å². The summed E-state index contributed by atoms with van der Waals surface area (Å²) in [7, 11) is 1.61. The summed E-state index contributed by atoms with van der Waals surface area (Å²) >= 11 is 0. The molecule has 2 heterocycles. The van der Waals surface area contributed by atoms with Crippen molar-refractivity contribution in [3.05, 3.63) is 101 Å². The lowest BCUT2D eigenvalue weighted by atomic mass is 9.94. The fourth-order valence-corrected chi connectivity index (χ4v) is 6.22. The number of hydrogen-bond donors (Lipinski definition) is 3. The van der Waals surface area contributed by atoms with Crippen molar-refractivity contribution in [1.82, 2.24) is 15.5 Å². The van der Waals surface area contributed by atoms with Gasteiger partial charge in [0.15, 0.2) is 0 Å². The Labute approximate surface area is 256 Å². The normalized spacial score (nSPS) is 21.2. The second kappa shape index (κ2) is 14.3. The van der Waals surface area contributed by atoms with Gasteiger partial charge in [0.2, 0.25) is 0 Å². The van der Waals surface area contributed by atoms with Gasteiger partial charge in [-0.15, -0.1) is 0 Å². The van der Waals surface area contributed by atoms with Gasteiger partial charge in [0.05, 0.1) is 24.8 Å². The van der Waals surface area contributed by atoms with E-state index in [0.29, 0.717) is 43.0 Å². The first kappa shape index (κ1) is 31.6. The van der Waals surface area contributed by atoms with Gasteiger partial charge in [-0.3, -0.25) is 9.59 Å². The van der Waals surface area contributed by atoms with Crippen LogP contribution in [0.3, 0.4) is 0 Å². The number of carbonyl (C=O) groups excluding carboxylic acids is 2. The Morgan fingerprint density at radius 3 is 2.52 bits per heavy atom. The summed E-state index contributed by atoms with van der Waals surface area (Å²) in [6.07, 6.45) is 0.852. The first-order valence-electron chi connectivity index (χ1n) is 15.0. The van der Waals surface area contributed by atoms with E-state index in [1.165, 1.54) is 12.1 Å². The summed E-state index contributed by atoms with van der Waals surface area (Å²) in [5.41, 5.74) is 1.66. The molecule has 2 aliphatic heterocycles. The number of amides is 2. The van der Waals surface area contributed by atoms with Crippen molar-refractivity contribution in [3.63, 3.8) is 0 Å². The number of carbonyl (C=O) groups is 2. The van der Waals surface area contributed by atoms with Gasteiger partial charge in [-0.25, -0.2) is 8.78 Å². The van der Waals surface area contributed by atoms with Gasteiger partial charge in [0, 0.05) is 49.9 Å². The van der Waals surface area contributed by atoms with Gasteiger partial charge in [-0.1, -0.05) is 18.2 Å². The lowest BCUT2D eigenvalue weighted by molar-refractivity contribution is 0.0630. The third-order valence-electron chi connectivity index (χ3n) is 8.27. The van der Waals surface area contributed by atoms with Crippen molar-refractivity contribution >= 4 is 11.8 Å². The van der Waals surface area contributed by atoms with Crippen LogP contribution in [0.2, 0.25) is 0 Å². The molecule has 10 heteroatoms. The first-order chi connectivity index (χ1) is 21.2. The Morgan fingerprint density at radius 1 is 1.07 bits per heavy atom. The molecule has 44 heavy (non-hydrogen) atoms. The molecule has 0 unspecified atom stereocenters. The third kappa shape index (κ3) is 7.80. The molecule has 0 aliphatic carbocycles. The molecule has 0 spiro atoms. The fourth-order valence-electron chi connectivity index (χ4n) is 6.22. The molecule has 0 saturated carbocycles. The minimum Gasteiger partial charge on any atom is -0.489 e. The Balaban J connectivity index is 1.34. The molecule has 0 radical (unpaired) electrons. The van der Waals surface area contributed by atoms with Crippen LogP contribution < -0.4 is 15.4 Å². The average molecular weight is 608 g/mol. The molecule has 3 N–H and O–H groups in total. The molecule has 0 aromatic heterocycles. The average Bonchev–Trinajstić information content (AvgIpc) is 3.66. The van der Waals surface area contributed by atoms with E-state index in [1.807, 2.05) is 30.3 Å². The molecule has 3 aromatic carbocycles. The van der Waals surface area contributed by atoms with Crippen molar-refractivity contribution in [2.75, 3.05) is 26.8 Å². The number of benzene rings is 3. The number of aryl methyl sites for hydroxylation is 1. The predicted octanol–water partition coefficient (Wildman–Crippen LogP) is 4.04. The number of nitrogens with one attached hydrogen (secondary N) is 2. The number of ether oxygens (including phenoxy) is 2. The van der Waals surface area contributed by atoms with E-state index in [1.54, 1.807) is 37.1 Å². The quantitative estimate of drug-likeness (QED) is 0.305. The largest absolute Gasteiger partial charge is 0.489 e. The van der Waals surface area contributed by atoms with Gasteiger partial charge >= 0.3 is 0 Å². The van der Waals surface area contributed by atoms with Crippen LogP contribution in [0.25, 0.3) is 0 Å². The number of aliphatic hydroxyl groups excluding tert-OH is 1. The molecular formula is C34H39F2N3O5. The summed E-state index contributed by atoms with van der Waals surface area (Å²) in [6.45, 7) is 3.35. The Morgan fingerprint density at radius 2 is 1.80 bits per heavy atom. The van der Waals surface area contributed by atoms with Crippen LogP contribution >= 0.6 is 0 Å². The van der Waals surface area contributed by atoms with E-state index in [2.05, 4.69) is 10.6 Å². The Kier molecular flexibility index (Phi) is 10.2. The van der Waals surface area contributed by atoms with Gasteiger partial charge in [-0.2, -0.15) is 0 Å². The highest BCUT2D eigenvalue weighted by atomic mass is 19.1. The molecule has 8 nitrogen and oxygen atoms in total. The number of halogens is 2. The standard InChI is InChI=1S/C34H39F2N3O5/c1-21-11-23(16-24(12-21)34(42)39-10-6-7-27(39)20-43-2)33(41)38-31(15-22-13-25(35)17-26(36)14-22)32(40)30-18-29(19-37-30)44-28-8-4-3-5-9-28/h3-5,8-9,11-14,16-17,27,29-32,37,40H,6-7,10,15,18-20H2,1-2H3,(H,38,41)/t27-,29-,30-,31+,32-/m1/s1. The lowest BCUT2D eigenvalue weighted by Crippen LogP contribution is -2.52. The zero-order valence-corrected chi connectivity index (χ0v) is 25.0. The van der Waals surface area contributed by atoms with Crippen molar-refractivity contribution in [3.8, 4) is 5.75 Å². The minimum absolute atomic E-state index is 0.0198. The number of hydrogen-bond acceptors (Lipinski definition) is 6. The second-order valence-corrected chi connectivity index (χ2v) is 11.7. The van der Waals surface area contributed by atoms with Gasteiger partial charge in [-0.05, 0) is 79.8 Å². The first-order valence-corrected chi connectivity index (χ1v) is 15.0. The minimum atomic E-state index is -1.11. The van der Waals surface area contributed by atoms with E-state index in [4.69, 9.17) is 9.47 Å². The number of nitrogens with zero attached hydrogens (tertiary/aromatic N) is 1. The molecule has 0 bridgehead atoms. The van der Waals surface area contributed by atoms with Crippen LogP contribution in [0, 0.1) is 18.6 Å². The fraction of sp³-hybridized carbons (Fsp3) is 0.412. The zero-order chi connectivity index (χ0) is 31.2. The summed E-state index contributed by atoms with van der Waals surface area (Å²) in [4.78, 5) is 28.9. The van der Waals surface area contributed by atoms with E-state index < -0.39 is 35.7 Å². The Hall–Kier alpha value is -3.86. The molecule has 2 fully saturated rings. The number of rotatable bonds is 11. The topological polar surface area (TPSA) is 100 Å². The summed E-state index contributed by atoms with van der Waals surface area (Å²) in [5.74, 6) is -1.46. The summed E-state index contributed by atoms with van der Waals surface area (Å²) in [6, 6.07) is 16.1. The maximum atomic E-state index is 14.1. The van der Waals surface area contributed by atoms with Crippen molar-refractivity contribution in [1.29, 1.82) is 0 Å². The molecular weight excluding hydrogens is 568 g/mol. The lowest BCUT2D eigenvalue weighted by Gasteiger charge is -2.29. The molecule has 2 aliphatic rings. The highest BCUT2D eigenvalue weighted by molar-refractivity contribution is 6.00. The third-order valence-corrected chi connectivity index (χ3v) is 8.27. The van der Waals surface area contributed by atoms with Gasteiger partial charge < -0.3 is 30.1 Å². The van der Waals surface area contributed by atoms with Gasteiger partial charge in [0.25, 0.3) is 11.8 Å². The SMILES string of the molecule is COC[C@H]1CCCN1C(=O)c1cc(C)cc(C(=O)N[C@@H](Cc2cc(F)cc(F)c2)[C@H](O)[C@H]2C[C@@H](Oc3ccccc3)CN2)c1. The maximum absolute atomic E-state index is 14.1. The van der Waals surface area contributed by atoms with Crippen molar-refractivity contribution in [2.24, 2.45) is 0 Å². The molecule has 5 rings (SSSR count). The number of para-hydroxylation sites is 1. The van der Waals surface area contributed by atoms with E-state index in [0.717, 1.165) is 24.5 Å². The smallest absolute Gasteiger partial charge is 0.254 e. The predicted molar refractivity (Wildman–Crippen MR) is 162 cm³/mol. The monoisotopic (exact) mass is 607 g/mol. The molecule has 5 atom stereocenters. The van der Waals surface area contributed by atoms with Crippen LogP contribution in [-0.4, -0.2) is 79.0 Å². The Bertz CT molecular complexity index is 1440. The molecule has 2 amide bonds.